The van der Waals surface area contributed by atoms with E-state index in [0.29, 0.717) is 69.6 Å². The molecular weight excluding hydrogens is 1190 g/mol. The maximum atomic E-state index is 14.1. The highest BCUT2D eigenvalue weighted by Crippen LogP contribution is 2.41. The summed E-state index contributed by atoms with van der Waals surface area (Å²) in [6, 6.07) is 26.3. The summed E-state index contributed by atoms with van der Waals surface area (Å²) in [5, 5.41) is 39.3. The molecule has 0 aliphatic carbocycles. The molecule has 86 heavy (non-hydrogen) atoms. The number of hydrogen-bond donors (Lipinski definition) is 2. The summed E-state index contributed by atoms with van der Waals surface area (Å²) < 4.78 is 122. The molecule has 2 aromatic carbocycles. The molecule has 0 radical (unpaired) electrons. The van der Waals surface area contributed by atoms with Crippen LogP contribution in [-0.4, -0.2) is 160 Å². The Labute approximate surface area is 500 Å². The van der Waals surface area contributed by atoms with E-state index in [0.717, 1.165) is 33.1 Å². The minimum Gasteiger partial charge on any atom is -0.494 e. The Morgan fingerprint density at radius 1 is 0.488 bits per heavy atom. The van der Waals surface area contributed by atoms with Crippen molar-refractivity contribution in [1.29, 1.82) is 0 Å². The number of rotatable bonds is 26. The minimum absolute atomic E-state index is 0.0178. The van der Waals surface area contributed by atoms with Crippen LogP contribution in [0, 0.1) is 11.6 Å². The Kier molecular flexibility index (Phi) is 21.2. The maximum Gasteiger partial charge on any atom is 0.246 e. The second kappa shape index (κ2) is 27.9. The van der Waals surface area contributed by atoms with Crippen molar-refractivity contribution in [2.45, 2.75) is 63.6 Å². The lowest BCUT2D eigenvalue weighted by molar-refractivity contribution is 0.196. The molecular formula is C56H70F2N12O12S2Si2. The number of anilines is 2. The Balaban J connectivity index is 0.000000246. The number of nitrogens with zero attached hydrogens (tertiary/aromatic N) is 12. The maximum absolute atomic E-state index is 14.1. The van der Waals surface area contributed by atoms with Crippen LogP contribution in [0.5, 0.6) is 34.8 Å². The molecule has 0 saturated carbocycles. The summed E-state index contributed by atoms with van der Waals surface area (Å²) in [7, 11) is -3.27. The highest BCUT2D eigenvalue weighted by molar-refractivity contribution is 7.93. The average Bonchev–Trinajstić information content (AvgIpc) is 1.64. The third-order valence-corrected chi connectivity index (χ3v) is 20.0. The lowest BCUT2D eigenvalue weighted by atomic mass is 10.2. The second-order valence-corrected chi connectivity index (χ2v) is 36.7. The molecule has 0 aliphatic rings. The minimum atomic E-state index is -4.28. The van der Waals surface area contributed by atoms with Gasteiger partial charge in [-0.05, 0) is 72.8 Å². The van der Waals surface area contributed by atoms with Gasteiger partial charge in [0.25, 0.3) is 0 Å². The number of sulfonamides is 2. The predicted octanol–water partition coefficient (Wildman–Crippen LogP) is 8.19. The van der Waals surface area contributed by atoms with Gasteiger partial charge in [-0.15, -0.1) is 20.4 Å². The molecule has 8 aromatic rings. The van der Waals surface area contributed by atoms with E-state index in [9.17, 15) is 35.8 Å². The van der Waals surface area contributed by atoms with Gasteiger partial charge in [0.05, 0.1) is 66.4 Å². The smallest absolute Gasteiger partial charge is 0.246 e. The van der Waals surface area contributed by atoms with Crippen molar-refractivity contribution < 1.29 is 64.3 Å². The molecule has 30 heteroatoms. The molecule has 0 saturated heterocycles. The standard InChI is InChI=1S/2C28H35FN6O6SSi/c2*1-39-23-10-8-11-24(40-2)26(23)35-27(21-9-7-12-25(31-21)41-3)32-33-28(35)34(15-16-43(4,5)6)42(37,38)18-22(36)20-14-13-19(29)17-30-20/h2*7-14,17,22,36H,15-16,18H2,1-6H3/t2*22-/m10/s1. The first-order chi connectivity index (χ1) is 40.8. The number of halogens is 2. The normalized spacial score (nSPS) is 12.6. The number of aromatic nitrogens is 10. The fourth-order valence-electron chi connectivity index (χ4n) is 8.55. The van der Waals surface area contributed by atoms with Crippen molar-refractivity contribution in [1.82, 2.24) is 49.5 Å². The van der Waals surface area contributed by atoms with E-state index in [1.54, 1.807) is 72.8 Å². The largest absolute Gasteiger partial charge is 0.494 e. The van der Waals surface area contributed by atoms with Gasteiger partial charge in [-0.1, -0.05) is 63.5 Å². The van der Waals surface area contributed by atoms with Gasteiger partial charge in [0, 0.05) is 41.4 Å². The Morgan fingerprint density at radius 2 is 0.826 bits per heavy atom. The van der Waals surface area contributed by atoms with Crippen LogP contribution in [0.25, 0.3) is 34.4 Å². The van der Waals surface area contributed by atoms with Crippen molar-refractivity contribution in [3.05, 3.63) is 132 Å². The number of methoxy groups -OCH3 is 6. The summed E-state index contributed by atoms with van der Waals surface area (Å²) in [5.41, 5.74) is 1.43. The summed E-state index contributed by atoms with van der Waals surface area (Å²) in [4.78, 5) is 16.7. The van der Waals surface area contributed by atoms with Crippen LogP contribution in [-0.2, 0) is 20.0 Å². The van der Waals surface area contributed by atoms with Gasteiger partial charge in [0.2, 0.25) is 43.7 Å². The Bertz CT molecular complexity index is 3530. The third-order valence-electron chi connectivity index (χ3n) is 13.0. The zero-order valence-corrected chi connectivity index (χ0v) is 53.3. The zero-order chi connectivity index (χ0) is 62.7. The quantitative estimate of drug-likeness (QED) is 0.0483. The number of hydrogen-bond acceptors (Lipinski definition) is 20. The van der Waals surface area contributed by atoms with Crippen LogP contribution in [0.15, 0.2) is 109 Å². The number of benzene rings is 2. The molecule has 0 fully saturated rings. The molecule has 6 aromatic heterocycles. The topological polar surface area (TPSA) is 284 Å². The fourth-order valence-corrected chi connectivity index (χ4v) is 13.6. The Morgan fingerprint density at radius 3 is 1.12 bits per heavy atom. The lowest BCUT2D eigenvalue weighted by Crippen LogP contribution is -2.40. The van der Waals surface area contributed by atoms with Crippen molar-refractivity contribution in [3.63, 3.8) is 0 Å². The number of ether oxygens (including phenoxy) is 6. The molecule has 2 N–H and O–H groups in total. The summed E-state index contributed by atoms with van der Waals surface area (Å²) in [6.45, 7) is 12.8. The van der Waals surface area contributed by atoms with Gasteiger partial charge in [-0.2, -0.15) is 0 Å². The first-order valence-corrected chi connectivity index (χ1v) is 37.4. The van der Waals surface area contributed by atoms with Gasteiger partial charge in [0.1, 0.15) is 81.1 Å². The molecule has 460 valence electrons. The molecule has 8 rings (SSSR count). The van der Waals surface area contributed by atoms with Gasteiger partial charge < -0.3 is 38.6 Å². The highest BCUT2D eigenvalue weighted by atomic mass is 32.2. The number of aliphatic hydroxyl groups is 2. The summed E-state index contributed by atoms with van der Waals surface area (Å²) >= 11 is 0. The molecule has 0 amide bonds. The lowest BCUT2D eigenvalue weighted by Gasteiger charge is -2.28. The van der Waals surface area contributed by atoms with Gasteiger partial charge in [-0.25, -0.2) is 44.2 Å². The highest BCUT2D eigenvalue weighted by Gasteiger charge is 2.37. The van der Waals surface area contributed by atoms with Crippen LogP contribution < -0.4 is 37.0 Å². The van der Waals surface area contributed by atoms with Crippen LogP contribution in [0.1, 0.15) is 23.6 Å². The molecule has 24 nitrogen and oxygen atoms in total. The number of aliphatic hydroxyl groups excluding tert-OH is 2. The first-order valence-electron chi connectivity index (χ1n) is 26.7. The summed E-state index contributed by atoms with van der Waals surface area (Å²) in [6.07, 6.45) is -1.22. The van der Waals surface area contributed by atoms with E-state index >= 15 is 0 Å². The SMILES string of the molecule is COc1cccc(-c2nnc(N(CC[Si](C)(C)C)S(=O)(=O)C[C@@H](O)c3ccc(F)cn3)n2-c2c(OC)cccc2OC)n1.COc1cccc(-c2nnc(N(CC[Si](C)(C)C)S(=O)(=O)C[C@H](O)c3ccc(F)cn3)n2-c2c(OC)cccc2OC)n1. The fraction of sp³-hybridized carbons (Fsp3) is 0.357. The molecule has 0 bridgehead atoms. The van der Waals surface area contributed by atoms with Crippen LogP contribution in [0.4, 0.5) is 20.7 Å². The summed E-state index contributed by atoms with van der Waals surface area (Å²) in [5.74, 6) is -0.301. The second-order valence-electron chi connectivity index (χ2n) is 21.6. The average molecular weight is 1260 g/mol. The van der Waals surface area contributed by atoms with Crippen LogP contribution in [0.2, 0.25) is 51.4 Å². The van der Waals surface area contributed by atoms with E-state index in [1.165, 1.54) is 63.9 Å². The molecule has 6 heterocycles. The van der Waals surface area contributed by atoms with E-state index in [2.05, 4.69) is 79.6 Å². The predicted molar refractivity (Wildman–Crippen MR) is 325 cm³/mol. The monoisotopic (exact) mass is 1260 g/mol. The van der Waals surface area contributed by atoms with Crippen molar-refractivity contribution in [2.75, 3.05) is 75.9 Å². The van der Waals surface area contributed by atoms with Crippen LogP contribution in [0.3, 0.4) is 0 Å². The number of pyridine rings is 4. The van der Waals surface area contributed by atoms with E-state index in [1.807, 2.05) is 0 Å². The molecule has 0 unspecified atom stereocenters. The van der Waals surface area contributed by atoms with Crippen molar-refractivity contribution in [3.8, 4) is 69.2 Å². The first kappa shape index (κ1) is 65.4. The number of para-hydroxylation sites is 2. The van der Waals surface area contributed by atoms with E-state index in [-0.39, 0.29) is 48.0 Å². The molecule has 0 spiro atoms. The molecule has 0 aliphatic heterocycles. The molecule has 2 atom stereocenters. The van der Waals surface area contributed by atoms with Gasteiger partial charge >= 0.3 is 0 Å². The Hall–Kier alpha value is -8.17. The zero-order valence-electron chi connectivity index (χ0n) is 49.7. The third kappa shape index (κ3) is 15.8. The van der Waals surface area contributed by atoms with E-state index < -0.39 is 71.5 Å². The van der Waals surface area contributed by atoms with Crippen molar-refractivity contribution in [2.24, 2.45) is 0 Å². The van der Waals surface area contributed by atoms with Crippen molar-refractivity contribution >= 4 is 48.1 Å². The van der Waals surface area contributed by atoms with Gasteiger partial charge in [-0.3, -0.25) is 19.1 Å². The van der Waals surface area contributed by atoms with Gasteiger partial charge in [0.15, 0.2) is 11.6 Å². The van der Waals surface area contributed by atoms with E-state index in [4.69, 9.17) is 28.4 Å². The van der Waals surface area contributed by atoms with Crippen LogP contribution >= 0.6 is 0 Å².